The summed E-state index contributed by atoms with van der Waals surface area (Å²) in [7, 11) is -3.48. The number of carbonyl (C=O) groups excluding carboxylic acids is 1. The molecule has 1 aliphatic heterocycles. The minimum absolute atomic E-state index is 0.151. The molecule has 0 spiro atoms. The van der Waals surface area contributed by atoms with Crippen LogP contribution in [0.15, 0.2) is 66.7 Å². The molecule has 0 unspecified atom stereocenters. The second-order valence-corrected chi connectivity index (χ2v) is 12.1. The van der Waals surface area contributed by atoms with Crippen LogP contribution in [-0.4, -0.2) is 38.6 Å². The number of anilines is 1. The number of aryl methyl sites for hydroxylation is 2. The molecule has 6 nitrogen and oxygen atoms in total. The highest BCUT2D eigenvalue weighted by Crippen LogP contribution is 2.24. The maximum Gasteiger partial charge on any atom is 0.251 e. The van der Waals surface area contributed by atoms with Crippen LogP contribution in [0.25, 0.3) is 0 Å². The Morgan fingerprint density at radius 3 is 2.16 bits per heavy atom. The van der Waals surface area contributed by atoms with Gasteiger partial charge in [0, 0.05) is 18.7 Å². The third-order valence-electron chi connectivity index (χ3n) is 6.74. The summed E-state index contributed by atoms with van der Waals surface area (Å²) in [6.07, 6.45) is 5.08. The number of rotatable bonds is 9. The summed E-state index contributed by atoms with van der Waals surface area (Å²) in [5.41, 5.74) is 6.37. The predicted molar refractivity (Wildman–Crippen MR) is 150 cm³/mol. The molecule has 196 valence electrons. The molecule has 1 heterocycles. The molecule has 0 aromatic heterocycles. The molecular weight excluding hydrogens is 482 g/mol. The highest BCUT2D eigenvalue weighted by atomic mass is 32.2. The number of hydrogen-bond donors (Lipinski definition) is 1. The van der Waals surface area contributed by atoms with E-state index in [1.807, 2.05) is 50.2 Å². The zero-order valence-corrected chi connectivity index (χ0v) is 22.9. The molecular formula is C30H37N3O3S. The average Bonchev–Trinajstić information content (AvgIpc) is 2.86. The predicted octanol–water partition coefficient (Wildman–Crippen LogP) is 5.19. The number of amides is 1. The smallest absolute Gasteiger partial charge is 0.251 e. The van der Waals surface area contributed by atoms with E-state index in [1.54, 1.807) is 12.1 Å². The highest BCUT2D eigenvalue weighted by molar-refractivity contribution is 7.92. The van der Waals surface area contributed by atoms with Gasteiger partial charge in [-0.05, 0) is 91.9 Å². The summed E-state index contributed by atoms with van der Waals surface area (Å²) in [6.45, 7) is 7.84. The van der Waals surface area contributed by atoms with E-state index in [4.69, 9.17) is 0 Å². The molecule has 37 heavy (non-hydrogen) atoms. The standard InChI is InChI=1S/C30H37N3O3S/c1-23-16-24(2)18-29(17-23)33(37(3,35)36)22-25-10-12-28(13-11-25)30(34)31-20-26-8-7-9-27(19-26)21-32-14-5-4-6-15-32/h7-13,16-19H,4-6,14-15,20-22H2,1-3H3,(H,31,34). The van der Waals surface area contributed by atoms with Crippen molar-refractivity contribution < 1.29 is 13.2 Å². The van der Waals surface area contributed by atoms with E-state index in [1.165, 1.54) is 35.4 Å². The van der Waals surface area contributed by atoms with Gasteiger partial charge in [0.05, 0.1) is 18.5 Å². The molecule has 7 heteroatoms. The minimum atomic E-state index is -3.48. The van der Waals surface area contributed by atoms with Crippen molar-refractivity contribution in [1.29, 1.82) is 0 Å². The van der Waals surface area contributed by atoms with Crippen LogP contribution in [0.2, 0.25) is 0 Å². The van der Waals surface area contributed by atoms with Crippen molar-refractivity contribution in [2.45, 2.75) is 52.7 Å². The molecule has 0 atom stereocenters. The number of likely N-dealkylation sites (tertiary alicyclic amines) is 1. The molecule has 4 rings (SSSR count). The van der Waals surface area contributed by atoms with E-state index in [2.05, 4.69) is 28.4 Å². The lowest BCUT2D eigenvalue weighted by molar-refractivity contribution is 0.0951. The zero-order valence-electron chi connectivity index (χ0n) is 22.0. The number of hydrogen-bond acceptors (Lipinski definition) is 4. The fourth-order valence-electron chi connectivity index (χ4n) is 4.92. The number of sulfonamides is 1. The monoisotopic (exact) mass is 519 g/mol. The Kier molecular flexibility index (Phi) is 8.67. The molecule has 0 bridgehead atoms. The molecule has 1 amide bonds. The fraction of sp³-hybridized carbons (Fsp3) is 0.367. The van der Waals surface area contributed by atoms with Crippen molar-refractivity contribution >= 4 is 21.6 Å². The largest absolute Gasteiger partial charge is 0.348 e. The molecule has 3 aromatic rings. The first-order chi connectivity index (χ1) is 17.7. The lowest BCUT2D eigenvalue weighted by atomic mass is 10.1. The Morgan fingerprint density at radius 1 is 0.865 bits per heavy atom. The van der Waals surface area contributed by atoms with Crippen molar-refractivity contribution in [2.24, 2.45) is 0 Å². The third-order valence-corrected chi connectivity index (χ3v) is 7.88. The fourth-order valence-corrected chi connectivity index (χ4v) is 5.79. The van der Waals surface area contributed by atoms with E-state index in [0.717, 1.165) is 41.9 Å². The minimum Gasteiger partial charge on any atom is -0.348 e. The molecule has 0 aliphatic carbocycles. The lowest BCUT2D eigenvalue weighted by Gasteiger charge is -2.26. The van der Waals surface area contributed by atoms with Crippen LogP contribution in [0.5, 0.6) is 0 Å². The molecule has 1 fully saturated rings. The Hall–Kier alpha value is -3.16. The molecule has 3 aromatic carbocycles. The average molecular weight is 520 g/mol. The summed E-state index contributed by atoms with van der Waals surface area (Å²) < 4.78 is 26.5. The molecule has 1 saturated heterocycles. The number of piperidine rings is 1. The van der Waals surface area contributed by atoms with Crippen molar-refractivity contribution in [3.05, 3.63) is 100 Å². The SMILES string of the molecule is Cc1cc(C)cc(N(Cc2ccc(C(=O)NCc3cccc(CN4CCCCC4)c3)cc2)S(C)(=O)=O)c1. The highest BCUT2D eigenvalue weighted by Gasteiger charge is 2.19. The number of nitrogens with zero attached hydrogens (tertiary/aromatic N) is 2. The number of benzene rings is 3. The second kappa shape index (κ2) is 11.9. The Bertz CT molecular complexity index is 1310. The second-order valence-electron chi connectivity index (χ2n) is 10.2. The summed E-state index contributed by atoms with van der Waals surface area (Å²) in [4.78, 5) is 15.3. The lowest BCUT2D eigenvalue weighted by Crippen LogP contribution is -2.29. The number of carbonyl (C=O) groups is 1. The Morgan fingerprint density at radius 2 is 1.51 bits per heavy atom. The topological polar surface area (TPSA) is 69.7 Å². The third kappa shape index (κ3) is 7.66. The Balaban J connectivity index is 1.37. The van der Waals surface area contributed by atoms with Gasteiger partial charge < -0.3 is 5.32 Å². The molecule has 1 aliphatic rings. The quantitative estimate of drug-likeness (QED) is 0.423. The van der Waals surface area contributed by atoms with Crippen LogP contribution >= 0.6 is 0 Å². The van der Waals surface area contributed by atoms with Gasteiger partial charge in [-0.15, -0.1) is 0 Å². The maximum absolute atomic E-state index is 12.8. The van der Waals surface area contributed by atoms with Gasteiger partial charge in [0.1, 0.15) is 0 Å². The summed E-state index contributed by atoms with van der Waals surface area (Å²) in [5.74, 6) is -0.151. The maximum atomic E-state index is 12.8. The summed E-state index contributed by atoms with van der Waals surface area (Å²) >= 11 is 0. The van der Waals surface area contributed by atoms with Gasteiger partial charge >= 0.3 is 0 Å². The van der Waals surface area contributed by atoms with Crippen molar-refractivity contribution in [2.75, 3.05) is 23.7 Å². The van der Waals surface area contributed by atoms with Gasteiger partial charge in [0.25, 0.3) is 5.91 Å². The van der Waals surface area contributed by atoms with Crippen LogP contribution in [-0.2, 0) is 29.7 Å². The van der Waals surface area contributed by atoms with Gasteiger partial charge in [-0.1, -0.05) is 48.9 Å². The van der Waals surface area contributed by atoms with E-state index in [9.17, 15) is 13.2 Å². The van der Waals surface area contributed by atoms with E-state index >= 15 is 0 Å². The van der Waals surface area contributed by atoms with Crippen LogP contribution in [0, 0.1) is 13.8 Å². The van der Waals surface area contributed by atoms with Crippen LogP contribution in [0.4, 0.5) is 5.69 Å². The van der Waals surface area contributed by atoms with Crippen molar-refractivity contribution in [1.82, 2.24) is 10.2 Å². The normalized spacial score (nSPS) is 14.4. The van der Waals surface area contributed by atoms with Crippen molar-refractivity contribution in [3.8, 4) is 0 Å². The molecule has 0 radical (unpaired) electrons. The first-order valence-corrected chi connectivity index (χ1v) is 14.8. The van der Waals surface area contributed by atoms with Crippen LogP contribution in [0.1, 0.15) is 57.4 Å². The van der Waals surface area contributed by atoms with Gasteiger partial charge in [-0.2, -0.15) is 0 Å². The van der Waals surface area contributed by atoms with E-state index in [-0.39, 0.29) is 12.5 Å². The van der Waals surface area contributed by atoms with Crippen LogP contribution < -0.4 is 9.62 Å². The molecule has 1 N–H and O–H groups in total. The summed E-state index contributed by atoms with van der Waals surface area (Å²) in [5, 5.41) is 3.01. The van der Waals surface area contributed by atoms with Gasteiger partial charge in [0.15, 0.2) is 0 Å². The number of nitrogens with one attached hydrogen (secondary N) is 1. The molecule has 0 saturated carbocycles. The zero-order chi connectivity index (χ0) is 26.4. The van der Waals surface area contributed by atoms with E-state index < -0.39 is 10.0 Å². The van der Waals surface area contributed by atoms with E-state index in [0.29, 0.717) is 17.8 Å². The van der Waals surface area contributed by atoms with Gasteiger partial charge in [0.2, 0.25) is 10.0 Å². The first-order valence-electron chi connectivity index (χ1n) is 12.9. The first kappa shape index (κ1) is 26.9. The van der Waals surface area contributed by atoms with Gasteiger partial charge in [-0.25, -0.2) is 8.42 Å². The Labute approximate surface area is 221 Å². The van der Waals surface area contributed by atoms with Gasteiger partial charge in [-0.3, -0.25) is 14.0 Å². The summed E-state index contributed by atoms with van der Waals surface area (Å²) in [6, 6.07) is 21.3. The van der Waals surface area contributed by atoms with Crippen molar-refractivity contribution in [3.63, 3.8) is 0 Å². The van der Waals surface area contributed by atoms with Crippen LogP contribution in [0.3, 0.4) is 0 Å².